The van der Waals surface area contributed by atoms with Gasteiger partial charge in [0.25, 0.3) is 5.91 Å². The molecular formula is C20H12F3N3OS2. The molecule has 0 radical (unpaired) electrons. The number of fused-ring (bicyclic) bond motifs is 3. The lowest BCUT2D eigenvalue weighted by atomic mass is 10.0. The molecule has 0 bridgehead atoms. The standard InChI is InChI=1S/C20H12F3N3OS2/c21-20(22,23)13-9-11(12-7-4-8-28-12)14-15-16(29-19(14)24-13)18(27)26-17(25-15)10-5-2-1-3-6-10/h1-9,17,25H,(H,26,27). The van der Waals surface area contributed by atoms with Crippen molar-refractivity contribution in [2.45, 2.75) is 12.3 Å². The van der Waals surface area contributed by atoms with Gasteiger partial charge in [-0.05, 0) is 23.1 Å². The van der Waals surface area contributed by atoms with Gasteiger partial charge in [-0.15, -0.1) is 22.7 Å². The first-order valence-electron chi connectivity index (χ1n) is 8.63. The Labute approximate surface area is 171 Å². The number of aromatic nitrogens is 1. The van der Waals surface area contributed by atoms with E-state index in [1.807, 2.05) is 30.3 Å². The second-order valence-electron chi connectivity index (χ2n) is 6.48. The lowest BCUT2D eigenvalue weighted by Crippen LogP contribution is -2.37. The fourth-order valence-corrected chi connectivity index (χ4v) is 5.17. The normalized spacial score (nSPS) is 16.4. The third-order valence-electron chi connectivity index (χ3n) is 4.64. The van der Waals surface area contributed by atoms with Crippen molar-refractivity contribution >= 4 is 44.5 Å². The molecule has 4 nitrogen and oxygen atoms in total. The molecule has 9 heteroatoms. The maximum absolute atomic E-state index is 13.4. The van der Waals surface area contributed by atoms with Crippen LogP contribution in [0.2, 0.25) is 0 Å². The van der Waals surface area contributed by atoms with Gasteiger partial charge in [-0.25, -0.2) is 4.98 Å². The van der Waals surface area contributed by atoms with Crippen LogP contribution in [0.5, 0.6) is 0 Å². The zero-order valence-electron chi connectivity index (χ0n) is 14.6. The van der Waals surface area contributed by atoms with Gasteiger partial charge in [0.15, 0.2) is 0 Å². The molecule has 4 aromatic rings. The summed E-state index contributed by atoms with van der Waals surface area (Å²) in [5, 5.41) is 8.50. The molecule has 1 atom stereocenters. The van der Waals surface area contributed by atoms with Gasteiger partial charge in [0.2, 0.25) is 0 Å². The van der Waals surface area contributed by atoms with Crippen molar-refractivity contribution in [2.75, 3.05) is 5.32 Å². The molecule has 4 heterocycles. The zero-order valence-corrected chi connectivity index (χ0v) is 16.2. The Hall–Kier alpha value is -2.91. The van der Waals surface area contributed by atoms with Crippen LogP contribution in [0.15, 0.2) is 53.9 Å². The van der Waals surface area contributed by atoms with Gasteiger partial charge in [0.05, 0.1) is 5.69 Å². The SMILES string of the molecule is O=C1NC(c2ccccc2)Nc2c1sc1nc(C(F)(F)F)cc(-c3cccs3)c21. The number of rotatable bonds is 2. The van der Waals surface area contributed by atoms with Crippen LogP contribution in [0.25, 0.3) is 20.7 Å². The van der Waals surface area contributed by atoms with Gasteiger partial charge >= 0.3 is 6.18 Å². The highest BCUT2D eigenvalue weighted by molar-refractivity contribution is 7.21. The van der Waals surface area contributed by atoms with Crippen molar-refractivity contribution < 1.29 is 18.0 Å². The highest BCUT2D eigenvalue weighted by Crippen LogP contribution is 2.46. The molecule has 0 aliphatic carbocycles. The Morgan fingerprint density at radius 1 is 1.03 bits per heavy atom. The second kappa shape index (κ2) is 6.57. The first-order valence-corrected chi connectivity index (χ1v) is 10.3. The number of thiophene rings is 2. The predicted octanol–water partition coefficient (Wildman–Crippen LogP) is 5.90. The Kier molecular flexibility index (Phi) is 4.11. The topological polar surface area (TPSA) is 54.0 Å². The van der Waals surface area contributed by atoms with Gasteiger partial charge < -0.3 is 10.6 Å². The van der Waals surface area contributed by atoms with Crippen LogP contribution in [0.1, 0.15) is 27.1 Å². The van der Waals surface area contributed by atoms with Crippen LogP contribution in [0, 0.1) is 0 Å². The number of alkyl halides is 3. The molecular weight excluding hydrogens is 419 g/mol. The number of carbonyl (C=O) groups excluding carboxylic acids is 1. The van der Waals surface area contributed by atoms with E-state index in [-0.39, 0.29) is 10.7 Å². The number of hydrogen-bond donors (Lipinski definition) is 2. The number of hydrogen-bond acceptors (Lipinski definition) is 5. The van der Waals surface area contributed by atoms with E-state index in [9.17, 15) is 18.0 Å². The lowest BCUT2D eigenvalue weighted by Gasteiger charge is -2.26. The van der Waals surface area contributed by atoms with Crippen LogP contribution in [0.4, 0.5) is 18.9 Å². The third kappa shape index (κ3) is 3.06. The first kappa shape index (κ1) is 18.1. The molecule has 0 saturated carbocycles. The van der Waals surface area contributed by atoms with E-state index < -0.39 is 18.0 Å². The van der Waals surface area contributed by atoms with E-state index in [0.29, 0.717) is 26.4 Å². The molecule has 1 amide bonds. The summed E-state index contributed by atoms with van der Waals surface area (Å²) < 4.78 is 40.3. The molecule has 29 heavy (non-hydrogen) atoms. The maximum Gasteiger partial charge on any atom is 0.433 e. The monoisotopic (exact) mass is 431 g/mol. The smallest absolute Gasteiger partial charge is 0.360 e. The Bertz CT molecular complexity index is 1220. The number of amides is 1. The van der Waals surface area contributed by atoms with E-state index in [4.69, 9.17) is 0 Å². The zero-order chi connectivity index (χ0) is 20.2. The number of carbonyl (C=O) groups is 1. The molecule has 1 aromatic carbocycles. The summed E-state index contributed by atoms with van der Waals surface area (Å²) in [5.41, 5.74) is 0.825. The quantitative estimate of drug-likeness (QED) is 0.416. The molecule has 0 spiro atoms. The Morgan fingerprint density at radius 3 is 2.52 bits per heavy atom. The number of nitrogens with one attached hydrogen (secondary N) is 2. The van der Waals surface area contributed by atoms with Crippen molar-refractivity contribution in [3.05, 3.63) is 70.0 Å². The summed E-state index contributed by atoms with van der Waals surface area (Å²) in [6.45, 7) is 0. The lowest BCUT2D eigenvalue weighted by molar-refractivity contribution is -0.140. The number of pyridine rings is 1. The Morgan fingerprint density at radius 2 is 1.83 bits per heavy atom. The van der Waals surface area contributed by atoms with E-state index in [1.165, 1.54) is 11.3 Å². The minimum absolute atomic E-state index is 0.185. The van der Waals surface area contributed by atoms with Crippen LogP contribution in [-0.4, -0.2) is 10.9 Å². The highest BCUT2D eigenvalue weighted by atomic mass is 32.1. The van der Waals surface area contributed by atoms with Gasteiger partial charge in [-0.2, -0.15) is 13.2 Å². The third-order valence-corrected chi connectivity index (χ3v) is 6.63. The fourth-order valence-electron chi connectivity index (χ4n) is 3.36. The van der Waals surface area contributed by atoms with Crippen LogP contribution >= 0.6 is 22.7 Å². The molecule has 3 aromatic heterocycles. The van der Waals surface area contributed by atoms with Crippen molar-refractivity contribution in [3.63, 3.8) is 0 Å². The summed E-state index contributed by atoms with van der Waals surface area (Å²) in [5.74, 6) is -0.332. The van der Waals surface area contributed by atoms with Crippen LogP contribution < -0.4 is 10.6 Å². The molecule has 146 valence electrons. The van der Waals surface area contributed by atoms with Gasteiger partial charge in [0, 0.05) is 15.8 Å². The van der Waals surface area contributed by atoms with E-state index >= 15 is 0 Å². The summed E-state index contributed by atoms with van der Waals surface area (Å²) in [6.07, 6.45) is -5.06. The van der Waals surface area contributed by atoms with Gasteiger partial charge in [0.1, 0.15) is 21.6 Å². The Balaban J connectivity index is 1.75. The fraction of sp³-hybridized carbons (Fsp3) is 0.100. The van der Waals surface area contributed by atoms with E-state index in [2.05, 4.69) is 15.6 Å². The number of nitrogens with zero attached hydrogens (tertiary/aromatic N) is 1. The van der Waals surface area contributed by atoms with E-state index in [1.54, 1.807) is 17.5 Å². The number of anilines is 1. The van der Waals surface area contributed by atoms with Crippen molar-refractivity contribution in [1.29, 1.82) is 0 Å². The molecule has 0 saturated heterocycles. The van der Waals surface area contributed by atoms with Crippen LogP contribution in [-0.2, 0) is 6.18 Å². The minimum Gasteiger partial charge on any atom is -0.360 e. The second-order valence-corrected chi connectivity index (χ2v) is 8.42. The van der Waals surface area contributed by atoms with Crippen molar-refractivity contribution in [3.8, 4) is 10.4 Å². The number of benzene rings is 1. The van der Waals surface area contributed by atoms with Gasteiger partial charge in [-0.3, -0.25) is 4.79 Å². The highest BCUT2D eigenvalue weighted by Gasteiger charge is 2.36. The van der Waals surface area contributed by atoms with E-state index in [0.717, 1.165) is 23.0 Å². The molecule has 1 unspecified atom stereocenters. The average molecular weight is 431 g/mol. The van der Waals surface area contributed by atoms with Crippen molar-refractivity contribution in [2.24, 2.45) is 0 Å². The summed E-state index contributed by atoms with van der Waals surface area (Å²) in [6, 6.07) is 13.9. The average Bonchev–Trinajstić information content (AvgIpc) is 3.35. The van der Waals surface area contributed by atoms with Gasteiger partial charge in [-0.1, -0.05) is 36.4 Å². The summed E-state index contributed by atoms with van der Waals surface area (Å²) >= 11 is 2.31. The molecule has 5 rings (SSSR count). The number of halogens is 3. The largest absolute Gasteiger partial charge is 0.433 e. The molecule has 2 N–H and O–H groups in total. The molecule has 1 aliphatic heterocycles. The van der Waals surface area contributed by atoms with Crippen LogP contribution in [0.3, 0.4) is 0 Å². The molecule has 1 aliphatic rings. The predicted molar refractivity (Wildman–Crippen MR) is 108 cm³/mol. The first-order chi connectivity index (χ1) is 13.9. The minimum atomic E-state index is -4.58. The molecule has 0 fully saturated rings. The summed E-state index contributed by atoms with van der Waals surface area (Å²) in [7, 11) is 0. The van der Waals surface area contributed by atoms with Crippen molar-refractivity contribution in [1.82, 2.24) is 10.3 Å². The summed E-state index contributed by atoms with van der Waals surface area (Å²) in [4.78, 5) is 17.8. The maximum atomic E-state index is 13.4.